The third kappa shape index (κ3) is 6.44. The van der Waals surface area contributed by atoms with Crippen molar-refractivity contribution in [2.45, 2.75) is 27.2 Å². The van der Waals surface area contributed by atoms with Gasteiger partial charge >= 0.3 is 5.97 Å². The number of aliphatic carboxylic acids is 1. The van der Waals surface area contributed by atoms with Gasteiger partial charge in [-0.2, -0.15) is 0 Å². The molecule has 1 rings (SSSR count). The predicted octanol–water partition coefficient (Wildman–Crippen LogP) is 2.88. The van der Waals surface area contributed by atoms with Gasteiger partial charge in [0.1, 0.15) is 0 Å². The number of sulfonamides is 1. The molecule has 1 aromatic rings. The average molecular weight is 311 g/mol. The van der Waals surface area contributed by atoms with Crippen LogP contribution in [0.4, 0.5) is 5.69 Å². The molecule has 6 heteroatoms. The third-order valence-electron chi connectivity index (χ3n) is 2.92. The Hall–Kier alpha value is -1.82. The summed E-state index contributed by atoms with van der Waals surface area (Å²) in [5, 5.41) is 8.65. The highest BCUT2D eigenvalue weighted by molar-refractivity contribution is 7.92. The molecule has 0 aliphatic rings. The molecule has 0 amide bonds. The van der Waals surface area contributed by atoms with Crippen molar-refractivity contribution in [2.24, 2.45) is 5.92 Å². The molecular weight excluding hydrogens is 290 g/mol. The molecule has 0 radical (unpaired) electrons. The van der Waals surface area contributed by atoms with Crippen LogP contribution in [0.5, 0.6) is 0 Å². The number of hydrogen-bond acceptors (Lipinski definition) is 3. The van der Waals surface area contributed by atoms with Crippen LogP contribution in [0.3, 0.4) is 0 Å². The first kappa shape index (κ1) is 17.2. The molecule has 0 fully saturated rings. The number of hydrogen-bond donors (Lipinski definition) is 2. The summed E-state index contributed by atoms with van der Waals surface area (Å²) >= 11 is 0. The van der Waals surface area contributed by atoms with Crippen molar-refractivity contribution in [2.75, 3.05) is 10.5 Å². The van der Waals surface area contributed by atoms with Crippen LogP contribution in [-0.4, -0.2) is 25.2 Å². The molecule has 0 bridgehead atoms. The molecule has 0 saturated carbocycles. The lowest BCUT2D eigenvalue weighted by molar-refractivity contribution is -0.131. The van der Waals surface area contributed by atoms with Gasteiger partial charge in [-0.05, 0) is 48.6 Å². The second kappa shape index (κ2) is 7.26. The summed E-state index contributed by atoms with van der Waals surface area (Å²) in [6.45, 7) is 5.77. The zero-order chi connectivity index (χ0) is 16.0. The maximum absolute atomic E-state index is 11.9. The standard InChI is InChI=1S/C15H21NO4S/c1-11(2)8-9-21(19,20)16-14-6-4-12(3)13(10-14)5-7-15(17)18/h4-7,10-11,16H,8-9H2,1-3H3,(H,17,18). The first-order valence-electron chi connectivity index (χ1n) is 6.72. The Balaban J connectivity index is 2.90. The molecule has 0 unspecified atom stereocenters. The number of benzene rings is 1. The molecule has 21 heavy (non-hydrogen) atoms. The fourth-order valence-electron chi connectivity index (χ4n) is 1.67. The zero-order valence-corrected chi connectivity index (χ0v) is 13.3. The van der Waals surface area contributed by atoms with Crippen molar-refractivity contribution in [1.82, 2.24) is 0 Å². The Morgan fingerprint density at radius 1 is 1.38 bits per heavy atom. The highest BCUT2D eigenvalue weighted by Gasteiger charge is 2.12. The van der Waals surface area contributed by atoms with Gasteiger partial charge in [-0.15, -0.1) is 0 Å². The zero-order valence-electron chi connectivity index (χ0n) is 12.5. The molecule has 0 aromatic heterocycles. The van der Waals surface area contributed by atoms with E-state index >= 15 is 0 Å². The van der Waals surface area contributed by atoms with Crippen LogP contribution in [0, 0.1) is 12.8 Å². The second-order valence-electron chi connectivity index (χ2n) is 5.35. The van der Waals surface area contributed by atoms with Gasteiger partial charge in [0.15, 0.2) is 0 Å². The van der Waals surface area contributed by atoms with E-state index in [9.17, 15) is 13.2 Å². The number of aryl methyl sites for hydroxylation is 1. The van der Waals surface area contributed by atoms with Crippen LogP contribution in [0.15, 0.2) is 24.3 Å². The fraction of sp³-hybridized carbons (Fsp3) is 0.400. The molecule has 116 valence electrons. The summed E-state index contributed by atoms with van der Waals surface area (Å²) in [4.78, 5) is 10.5. The Kier molecular flexibility index (Phi) is 5.96. The molecule has 0 aliphatic carbocycles. The highest BCUT2D eigenvalue weighted by Crippen LogP contribution is 2.18. The van der Waals surface area contributed by atoms with Gasteiger partial charge in [0.2, 0.25) is 10.0 Å². The minimum Gasteiger partial charge on any atom is -0.478 e. The van der Waals surface area contributed by atoms with Crippen molar-refractivity contribution >= 4 is 27.8 Å². The monoisotopic (exact) mass is 311 g/mol. The molecule has 5 nitrogen and oxygen atoms in total. The van der Waals surface area contributed by atoms with Crippen molar-refractivity contribution in [3.05, 3.63) is 35.4 Å². The minimum atomic E-state index is -3.38. The van der Waals surface area contributed by atoms with Gasteiger partial charge < -0.3 is 5.11 Å². The van der Waals surface area contributed by atoms with Crippen molar-refractivity contribution in [1.29, 1.82) is 0 Å². The summed E-state index contributed by atoms with van der Waals surface area (Å²) in [6.07, 6.45) is 3.07. The topological polar surface area (TPSA) is 83.5 Å². The molecule has 0 aliphatic heterocycles. The van der Waals surface area contributed by atoms with E-state index < -0.39 is 16.0 Å². The van der Waals surface area contributed by atoms with E-state index in [-0.39, 0.29) is 5.75 Å². The van der Waals surface area contributed by atoms with Crippen LogP contribution in [0.25, 0.3) is 6.08 Å². The summed E-state index contributed by atoms with van der Waals surface area (Å²) < 4.78 is 26.4. The summed E-state index contributed by atoms with van der Waals surface area (Å²) in [7, 11) is -3.38. The molecule has 0 atom stereocenters. The molecule has 0 heterocycles. The molecule has 2 N–H and O–H groups in total. The summed E-state index contributed by atoms with van der Waals surface area (Å²) in [5.74, 6) is -0.662. The Morgan fingerprint density at radius 3 is 2.62 bits per heavy atom. The molecule has 0 spiro atoms. The first-order chi connectivity index (χ1) is 9.69. The number of nitrogens with one attached hydrogen (secondary N) is 1. The van der Waals surface area contributed by atoms with Crippen LogP contribution < -0.4 is 4.72 Å². The number of carboxylic acids is 1. The van der Waals surface area contributed by atoms with E-state index in [0.717, 1.165) is 11.6 Å². The van der Waals surface area contributed by atoms with Gasteiger partial charge in [-0.1, -0.05) is 19.9 Å². The maximum atomic E-state index is 11.9. The van der Waals surface area contributed by atoms with Crippen molar-refractivity contribution in [3.8, 4) is 0 Å². The Labute approximate surface area is 125 Å². The lowest BCUT2D eigenvalue weighted by Gasteiger charge is -2.11. The van der Waals surface area contributed by atoms with Gasteiger partial charge in [0, 0.05) is 11.8 Å². The van der Waals surface area contributed by atoms with Gasteiger partial charge in [0.05, 0.1) is 5.75 Å². The fourth-order valence-corrected chi connectivity index (χ4v) is 3.04. The summed E-state index contributed by atoms with van der Waals surface area (Å²) in [6, 6.07) is 5.05. The maximum Gasteiger partial charge on any atom is 0.328 e. The third-order valence-corrected chi connectivity index (χ3v) is 4.24. The predicted molar refractivity (Wildman–Crippen MR) is 84.7 cm³/mol. The van der Waals surface area contributed by atoms with E-state index in [1.165, 1.54) is 6.08 Å². The second-order valence-corrected chi connectivity index (χ2v) is 7.19. The number of carboxylic acid groups (broad SMARTS) is 1. The molecular formula is C15H21NO4S. The van der Waals surface area contributed by atoms with Gasteiger partial charge in [-0.25, -0.2) is 13.2 Å². The lowest BCUT2D eigenvalue weighted by atomic mass is 10.1. The molecule has 1 aromatic carbocycles. The van der Waals surface area contributed by atoms with Gasteiger partial charge in [0.25, 0.3) is 0 Å². The largest absolute Gasteiger partial charge is 0.478 e. The van der Waals surface area contributed by atoms with Crippen LogP contribution in [-0.2, 0) is 14.8 Å². The normalized spacial score (nSPS) is 12.0. The summed E-state index contributed by atoms with van der Waals surface area (Å²) in [5.41, 5.74) is 1.98. The Morgan fingerprint density at radius 2 is 2.05 bits per heavy atom. The smallest absolute Gasteiger partial charge is 0.328 e. The SMILES string of the molecule is Cc1ccc(NS(=O)(=O)CCC(C)C)cc1C=CC(=O)O. The van der Waals surface area contributed by atoms with Gasteiger partial charge in [-0.3, -0.25) is 4.72 Å². The van der Waals surface area contributed by atoms with E-state index in [1.807, 2.05) is 20.8 Å². The average Bonchev–Trinajstić information content (AvgIpc) is 2.37. The van der Waals surface area contributed by atoms with Crippen LogP contribution in [0.1, 0.15) is 31.4 Å². The van der Waals surface area contributed by atoms with E-state index in [4.69, 9.17) is 5.11 Å². The lowest BCUT2D eigenvalue weighted by Crippen LogP contribution is -2.18. The number of anilines is 1. The highest BCUT2D eigenvalue weighted by atomic mass is 32.2. The van der Waals surface area contributed by atoms with Crippen molar-refractivity contribution < 1.29 is 18.3 Å². The first-order valence-corrected chi connectivity index (χ1v) is 8.37. The van der Waals surface area contributed by atoms with E-state index in [2.05, 4.69) is 4.72 Å². The van der Waals surface area contributed by atoms with Crippen LogP contribution in [0.2, 0.25) is 0 Å². The van der Waals surface area contributed by atoms with E-state index in [1.54, 1.807) is 18.2 Å². The number of rotatable bonds is 7. The molecule has 0 saturated heterocycles. The number of carbonyl (C=O) groups is 1. The minimum absolute atomic E-state index is 0.0683. The van der Waals surface area contributed by atoms with E-state index in [0.29, 0.717) is 23.6 Å². The van der Waals surface area contributed by atoms with Crippen LogP contribution >= 0.6 is 0 Å². The van der Waals surface area contributed by atoms with Crippen molar-refractivity contribution in [3.63, 3.8) is 0 Å². The Bertz CT molecular complexity index is 633. The quantitative estimate of drug-likeness (QED) is 0.758.